The summed E-state index contributed by atoms with van der Waals surface area (Å²) in [6.45, 7) is 6.34. The summed E-state index contributed by atoms with van der Waals surface area (Å²) in [4.78, 5) is 36.3. The maximum atomic E-state index is 11.9. The zero-order chi connectivity index (χ0) is 21.6. The molecule has 1 aliphatic heterocycles. The highest BCUT2D eigenvalue weighted by molar-refractivity contribution is 5.87. The molecule has 1 amide bonds. The van der Waals surface area contributed by atoms with Crippen LogP contribution in [-0.4, -0.2) is 48.8 Å². The van der Waals surface area contributed by atoms with Crippen molar-refractivity contribution in [1.82, 2.24) is 5.32 Å². The van der Waals surface area contributed by atoms with Crippen LogP contribution in [0.2, 0.25) is 0 Å². The fraction of sp³-hybridized carbons (Fsp3) is 0.500. The van der Waals surface area contributed by atoms with Gasteiger partial charge in [-0.25, -0.2) is 9.59 Å². The van der Waals surface area contributed by atoms with Crippen LogP contribution in [-0.2, 0) is 14.3 Å². The van der Waals surface area contributed by atoms with Crippen LogP contribution >= 0.6 is 0 Å². The molecule has 1 atom stereocenters. The number of benzene rings is 1. The number of hydrogen-bond donors (Lipinski definition) is 1. The van der Waals surface area contributed by atoms with Gasteiger partial charge in [0.25, 0.3) is 5.69 Å². The summed E-state index contributed by atoms with van der Waals surface area (Å²) in [5, 5.41) is 14.4. The fourth-order valence-electron chi connectivity index (χ4n) is 3.15. The Hall–Kier alpha value is -3.10. The quantitative estimate of drug-likeness (QED) is 0.335. The molecule has 2 rings (SSSR count). The SMILES string of the molecule is COC(=O)C=Cc1ccc(N2CCCC2CNC(=O)OC(C)(C)C)c([N+](=O)[O-])c1. The van der Waals surface area contributed by atoms with Crippen molar-refractivity contribution in [2.45, 2.75) is 45.3 Å². The zero-order valence-electron chi connectivity index (χ0n) is 17.1. The van der Waals surface area contributed by atoms with E-state index in [1.165, 1.54) is 25.3 Å². The predicted molar refractivity (Wildman–Crippen MR) is 109 cm³/mol. The standard InChI is InChI=1S/C20H27N3O6/c1-20(2,3)29-19(25)21-13-15-6-5-11-22(15)16-9-7-14(8-10-18(24)28-4)12-17(16)23(26)27/h7-10,12,15H,5-6,11,13H2,1-4H3,(H,21,25). The van der Waals surface area contributed by atoms with Crippen LogP contribution in [0.3, 0.4) is 0 Å². The Labute approximate surface area is 169 Å². The lowest BCUT2D eigenvalue weighted by Gasteiger charge is -2.27. The minimum Gasteiger partial charge on any atom is -0.466 e. The number of carbonyl (C=O) groups is 2. The van der Waals surface area contributed by atoms with Gasteiger partial charge in [-0.2, -0.15) is 0 Å². The molecule has 0 saturated carbocycles. The van der Waals surface area contributed by atoms with Gasteiger partial charge in [0.2, 0.25) is 0 Å². The van der Waals surface area contributed by atoms with E-state index in [1.54, 1.807) is 32.9 Å². The van der Waals surface area contributed by atoms with Gasteiger partial charge in [0.15, 0.2) is 0 Å². The van der Waals surface area contributed by atoms with Gasteiger partial charge < -0.3 is 19.7 Å². The van der Waals surface area contributed by atoms with E-state index < -0.39 is 22.6 Å². The lowest BCUT2D eigenvalue weighted by molar-refractivity contribution is -0.384. The maximum absolute atomic E-state index is 11.9. The molecular formula is C20H27N3O6. The van der Waals surface area contributed by atoms with Crippen LogP contribution in [0.15, 0.2) is 24.3 Å². The molecule has 0 spiro atoms. The van der Waals surface area contributed by atoms with Crippen molar-refractivity contribution in [3.63, 3.8) is 0 Å². The van der Waals surface area contributed by atoms with Crippen molar-refractivity contribution < 1.29 is 24.0 Å². The summed E-state index contributed by atoms with van der Waals surface area (Å²) < 4.78 is 9.78. The molecule has 1 fully saturated rings. The van der Waals surface area contributed by atoms with E-state index in [4.69, 9.17) is 4.74 Å². The molecule has 9 heteroatoms. The van der Waals surface area contributed by atoms with Crippen LogP contribution in [0.25, 0.3) is 6.08 Å². The second-order valence-corrected chi connectivity index (χ2v) is 7.73. The molecule has 0 aromatic heterocycles. The summed E-state index contributed by atoms with van der Waals surface area (Å²) in [6, 6.07) is 4.72. The molecule has 1 aliphatic rings. The molecule has 1 aromatic carbocycles. The number of alkyl carbamates (subject to hydrolysis) is 1. The van der Waals surface area contributed by atoms with Gasteiger partial charge in [0, 0.05) is 31.3 Å². The zero-order valence-corrected chi connectivity index (χ0v) is 17.1. The van der Waals surface area contributed by atoms with Gasteiger partial charge in [-0.05, 0) is 51.3 Å². The first kappa shape index (κ1) is 22.2. The first-order valence-electron chi connectivity index (χ1n) is 9.38. The van der Waals surface area contributed by atoms with E-state index in [9.17, 15) is 19.7 Å². The normalized spacial score (nSPS) is 16.7. The minimum atomic E-state index is -0.591. The summed E-state index contributed by atoms with van der Waals surface area (Å²) in [5.41, 5.74) is 0.361. The van der Waals surface area contributed by atoms with Gasteiger partial charge >= 0.3 is 12.1 Å². The first-order chi connectivity index (χ1) is 13.6. The van der Waals surface area contributed by atoms with E-state index in [2.05, 4.69) is 10.1 Å². The topological polar surface area (TPSA) is 111 Å². The van der Waals surface area contributed by atoms with E-state index in [0.717, 1.165) is 12.8 Å². The van der Waals surface area contributed by atoms with Crippen LogP contribution in [0.4, 0.5) is 16.2 Å². The van der Waals surface area contributed by atoms with Crippen molar-refractivity contribution in [2.75, 3.05) is 25.1 Å². The fourth-order valence-corrected chi connectivity index (χ4v) is 3.15. The summed E-state index contributed by atoms with van der Waals surface area (Å²) in [5.74, 6) is -0.537. The summed E-state index contributed by atoms with van der Waals surface area (Å²) in [6.07, 6.45) is 3.83. The number of nitro groups is 1. The van der Waals surface area contributed by atoms with E-state index in [-0.39, 0.29) is 11.7 Å². The second-order valence-electron chi connectivity index (χ2n) is 7.73. The number of carbonyl (C=O) groups excluding carboxylic acids is 2. The molecule has 29 heavy (non-hydrogen) atoms. The average molecular weight is 405 g/mol. The van der Waals surface area contributed by atoms with Gasteiger partial charge in [0.05, 0.1) is 12.0 Å². The highest BCUT2D eigenvalue weighted by Crippen LogP contribution is 2.34. The number of methoxy groups -OCH3 is 1. The number of nitrogens with one attached hydrogen (secondary N) is 1. The predicted octanol–water partition coefficient (Wildman–Crippen LogP) is 3.27. The lowest BCUT2D eigenvalue weighted by atomic mass is 10.1. The highest BCUT2D eigenvalue weighted by atomic mass is 16.6. The summed E-state index contributed by atoms with van der Waals surface area (Å²) >= 11 is 0. The number of rotatable bonds is 6. The number of ether oxygens (including phenoxy) is 2. The van der Waals surface area contributed by atoms with Gasteiger partial charge in [0.1, 0.15) is 11.3 Å². The molecule has 1 N–H and O–H groups in total. The minimum absolute atomic E-state index is 0.0545. The largest absolute Gasteiger partial charge is 0.466 e. The number of hydrogen-bond acceptors (Lipinski definition) is 7. The Morgan fingerprint density at radius 3 is 2.72 bits per heavy atom. The Balaban J connectivity index is 2.16. The van der Waals surface area contributed by atoms with Gasteiger partial charge in [-0.3, -0.25) is 10.1 Å². The lowest BCUT2D eigenvalue weighted by Crippen LogP contribution is -2.42. The van der Waals surface area contributed by atoms with E-state index in [1.807, 2.05) is 4.90 Å². The molecule has 9 nitrogen and oxygen atoms in total. The first-order valence-corrected chi connectivity index (χ1v) is 9.38. The monoisotopic (exact) mass is 405 g/mol. The Kier molecular flexibility index (Phi) is 7.19. The maximum Gasteiger partial charge on any atom is 0.407 e. The molecule has 0 radical (unpaired) electrons. The van der Waals surface area contributed by atoms with Crippen LogP contribution in [0.5, 0.6) is 0 Å². The molecule has 1 heterocycles. The number of nitrogens with zero attached hydrogens (tertiary/aromatic N) is 2. The van der Waals surface area contributed by atoms with Crippen LogP contribution in [0.1, 0.15) is 39.2 Å². The van der Waals surface area contributed by atoms with Crippen LogP contribution < -0.4 is 10.2 Å². The molecule has 1 saturated heterocycles. The van der Waals surface area contributed by atoms with Crippen molar-refractivity contribution in [3.05, 3.63) is 40.0 Å². The third kappa shape index (κ3) is 6.48. The van der Waals surface area contributed by atoms with Crippen molar-refractivity contribution in [2.24, 2.45) is 0 Å². The molecular weight excluding hydrogens is 378 g/mol. The molecule has 1 unspecified atom stereocenters. The smallest absolute Gasteiger partial charge is 0.407 e. The Morgan fingerprint density at radius 1 is 1.38 bits per heavy atom. The number of amides is 1. The Bertz CT molecular complexity index is 800. The van der Waals surface area contributed by atoms with Crippen molar-refractivity contribution >= 4 is 29.5 Å². The molecule has 0 bridgehead atoms. The van der Waals surface area contributed by atoms with Crippen molar-refractivity contribution in [1.29, 1.82) is 0 Å². The highest BCUT2D eigenvalue weighted by Gasteiger charge is 2.30. The third-order valence-corrected chi connectivity index (χ3v) is 4.38. The summed E-state index contributed by atoms with van der Waals surface area (Å²) in [7, 11) is 1.26. The van der Waals surface area contributed by atoms with Gasteiger partial charge in [-0.15, -0.1) is 0 Å². The number of esters is 1. The van der Waals surface area contributed by atoms with E-state index >= 15 is 0 Å². The van der Waals surface area contributed by atoms with Gasteiger partial charge in [-0.1, -0.05) is 6.07 Å². The number of anilines is 1. The van der Waals surface area contributed by atoms with E-state index in [0.29, 0.717) is 24.3 Å². The second kappa shape index (κ2) is 9.40. The Morgan fingerprint density at radius 2 is 2.10 bits per heavy atom. The molecule has 0 aliphatic carbocycles. The molecule has 158 valence electrons. The number of nitro benzene ring substituents is 1. The van der Waals surface area contributed by atoms with Crippen molar-refractivity contribution in [3.8, 4) is 0 Å². The molecule has 1 aromatic rings. The van der Waals surface area contributed by atoms with Crippen LogP contribution in [0, 0.1) is 10.1 Å². The third-order valence-electron chi connectivity index (χ3n) is 4.38. The average Bonchev–Trinajstić information content (AvgIpc) is 3.11.